The van der Waals surface area contributed by atoms with Crippen molar-refractivity contribution in [2.75, 3.05) is 13.1 Å². The van der Waals surface area contributed by atoms with Gasteiger partial charge in [0.1, 0.15) is 0 Å². The van der Waals surface area contributed by atoms with E-state index in [0.29, 0.717) is 11.8 Å². The van der Waals surface area contributed by atoms with Crippen LogP contribution in [0.15, 0.2) is 71.5 Å². The number of benzene rings is 2. The van der Waals surface area contributed by atoms with Gasteiger partial charge in [0.25, 0.3) is 5.56 Å². The summed E-state index contributed by atoms with van der Waals surface area (Å²) in [5, 5.41) is 0.734. The highest BCUT2D eigenvalue weighted by molar-refractivity contribution is 6.30. The van der Waals surface area contributed by atoms with Gasteiger partial charge in [-0.1, -0.05) is 54.1 Å². The molecule has 1 saturated heterocycles. The van der Waals surface area contributed by atoms with Crippen molar-refractivity contribution in [2.45, 2.75) is 25.4 Å². The molecule has 2 atom stereocenters. The molecule has 1 fully saturated rings. The van der Waals surface area contributed by atoms with E-state index >= 15 is 0 Å². The van der Waals surface area contributed by atoms with Crippen molar-refractivity contribution in [1.29, 1.82) is 0 Å². The first-order valence-electron chi connectivity index (χ1n) is 9.93. The zero-order valence-corrected chi connectivity index (χ0v) is 16.5. The quantitative estimate of drug-likeness (QED) is 0.642. The van der Waals surface area contributed by atoms with Crippen LogP contribution < -0.4 is 5.56 Å². The molecule has 3 heterocycles. The minimum atomic E-state index is 0.124. The first kappa shape index (κ1) is 17.7. The van der Waals surface area contributed by atoms with Gasteiger partial charge in [-0.15, -0.1) is 0 Å². The molecule has 3 aromatic rings. The highest BCUT2D eigenvalue weighted by atomic mass is 35.5. The van der Waals surface area contributed by atoms with Gasteiger partial charge in [-0.05, 0) is 41.7 Å². The maximum atomic E-state index is 12.6. The summed E-state index contributed by atoms with van der Waals surface area (Å²) >= 11 is 6.09. The van der Waals surface area contributed by atoms with Gasteiger partial charge in [0.15, 0.2) is 0 Å². The van der Waals surface area contributed by atoms with Gasteiger partial charge in [0.2, 0.25) is 0 Å². The van der Waals surface area contributed by atoms with Crippen LogP contribution in [0.25, 0.3) is 11.1 Å². The van der Waals surface area contributed by atoms with E-state index in [9.17, 15) is 4.79 Å². The Kier molecular flexibility index (Phi) is 4.58. The Morgan fingerprint density at radius 2 is 1.68 bits per heavy atom. The number of pyridine rings is 1. The average Bonchev–Trinajstić information content (AvgIpc) is 2.70. The van der Waals surface area contributed by atoms with Crippen molar-refractivity contribution in [3.63, 3.8) is 0 Å². The lowest BCUT2D eigenvalue weighted by Gasteiger charge is -2.43. The van der Waals surface area contributed by atoms with Crippen molar-refractivity contribution in [3.8, 4) is 11.1 Å². The van der Waals surface area contributed by atoms with Crippen LogP contribution in [0.2, 0.25) is 5.02 Å². The molecule has 4 heteroatoms. The van der Waals surface area contributed by atoms with Crippen molar-refractivity contribution in [3.05, 3.63) is 93.4 Å². The molecule has 0 spiro atoms. The van der Waals surface area contributed by atoms with Gasteiger partial charge >= 0.3 is 0 Å². The standard InChI is InChI=1S/C24H23ClN2O/c25-21-8-6-19(7-9-21)22-10-11-23(28)27-15-18-12-20(24(22)27)16-26(14-18)13-17-4-2-1-3-5-17/h1-11,18,20H,12-16H2/t18-,20-/m1/s1. The summed E-state index contributed by atoms with van der Waals surface area (Å²) in [6.07, 6.45) is 1.16. The van der Waals surface area contributed by atoms with Crippen LogP contribution >= 0.6 is 11.6 Å². The van der Waals surface area contributed by atoms with Crippen LogP contribution in [0, 0.1) is 5.92 Å². The predicted molar refractivity (Wildman–Crippen MR) is 114 cm³/mol. The molecule has 5 rings (SSSR count). The highest BCUT2D eigenvalue weighted by Crippen LogP contribution is 2.40. The first-order valence-corrected chi connectivity index (χ1v) is 10.3. The number of aromatic nitrogens is 1. The molecule has 3 nitrogen and oxygen atoms in total. The Hall–Kier alpha value is -2.36. The maximum absolute atomic E-state index is 12.6. The molecule has 28 heavy (non-hydrogen) atoms. The summed E-state index contributed by atoms with van der Waals surface area (Å²) in [6, 6.07) is 22.3. The van der Waals surface area contributed by atoms with Gasteiger partial charge < -0.3 is 4.57 Å². The Balaban J connectivity index is 1.51. The summed E-state index contributed by atoms with van der Waals surface area (Å²) < 4.78 is 2.03. The van der Waals surface area contributed by atoms with Crippen molar-refractivity contribution >= 4 is 11.6 Å². The van der Waals surface area contributed by atoms with E-state index in [1.165, 1.54) is 16.8 Å². The van der Waals surface area contributed by atoms with Crippen molar-refractivity contribution in [2.24, 2.45) is 5.92 Å². The number of hydrogen-bond acceptors (Lipinski definition) is 2. The number of halogens is 1. The first-order chi connectivity index (χ1) is 13.7. The monoisotopic (exact) mass is 390 g/mol. The summed E-state index contributed by atoms with van der Waals surface area (Å²) in [4.78, 5) is 15.2. The fourth-order valence-corrected chi connectivity index (χ4v) is 5.08. The van der Waals surface area contributed by atoms with Crippen LogP contribution in [0.3, 0.4) is 0 Å². The average molecular weight is 391 g/mol. The van der Waals surface area contributed by atoms with Crippen molar-refractivity contribution < 1.29 is 0 Å². The van der Waals surface area contributed by atoms with Crippen LogP contribution in [0.5, 0.6) is 0 Å². The minimum absolute atomic E-state index is 0.124. The van der Waals surface area contributed by atoms with Gasteiger partial charge in [0, 0.05) is 54.4 Å². The third-order valence-electron chi connectivity index (χ3n) is 6.07. The Morgan fingerprint density at radius 3 is 2.46 bits per heavy atom. The van der Waals surface area contributed by atoms with Gasteiger partial charge in [-0.2, -0.15) is 0 Å². The van der Waals surface area contributed by atoms with Crippen LogP contribution in [0.1, 0.15) is 23.6 Å². The number of hydrogen-bond donors (Lipinski definition) is 0. The van der Waals surface area contributed by atoms with E-state index < -0.39 is 0 Å². The Bertz CT molecular complexity index is 1040. The molecule has 2 bridgehead atoms. The molecule has 0 saturated carbocycles. The number of nitrogens with zero attached hydrogens (tertiary/aromatic N) is 2. The fraction of sp³-hybridized carbons (Fsp3) is 0.292. The highest BCUT2D eigenvalue weighted by Gasteiger charge is 2.36. The zero-order chi connectivity index (χ0) is 19.1. The summed E-state index contributed by atoms with van der Waals surface area (Å²) in [5.41, 5.74) is 4.97. The second-order valence-electron chi connectivity index (χ2n) is 8.07. The molecule has 0 aliphatic carbocycles. The number of piperidine rings is 1. The molecule has 0 unspecified atom stereocenters. The topological polar surface area (TPSA) is 25.2 Å². The largest absolute Gasteiger partial charge is 0.311 e. The van der Waals surface area contributed by atoms with Crippen LogP contribution in [-0.4, -0.2) is 22.6 Å². The van der Waals surface area contributed by atoms with E-state index in [4.69, 9.17) is 11.6 Å². The molecular weight excluding hydrogens is 368 g/mol. The SMILES string of the molecule is O=c1ccc(-c2ccc(Cl)cc2)c2n1C[C@@H]1C[C@@H]2CN(Cc2ccccc2)C1. The van der Waals surface area contributed by atoms with E-state index in [2.05, 4.69) is 47.4 Å². The second kappa shape index (κ2) is 7.23. The van der Waals surface area contributed by atoms with Gasteiger partial charge in [-0.3, -0.25) is 9.69 Å². The Labute approximate surface area is 170 Å². The van der Waals surface area contributed by atoms with Crippen LogP contribution in [0.4, 0.5) is 0 Å². The second-order valence-corrected chi connectivity index (χ2v) is 8.50. The van der Waals surface area contributed by atoms with E-state index in [-0.39, 0.29) is 5.56 Å². The molecular formula is C24H23ClN2O. The molecule has 0 radical (unpaired) electrons. The third-order valence-corrected chi connectivity index (χ3v) is 6.32. The maximum Gasteiger partial charge on any atom is 0.250 e. The van der Waals surface area contributed by atoms with Gasteiger partial charge in [-0.25, -0.2) is 0 Å². The third kappa shape index (κ3) is 3.30. The summed E-state index contributed by atoms with van der Waals surface area (Å²) in [6.45, 7) is 3.84. The van der Waals surface area contributed by atoms with Crippen molar-refractivity contribution in [1.82, 2.24) is 9.47 Å². The molecule has 0 N–H and O–H groups in total. The molecule has 142 valence electrons. The molecule has 2 aliphatic heterocycles. The number of likely N-dealkylation sites (tertiary alicyclic amines) is 1. The summed E-state index contributed by atoms with van der Waals surface area (Å²) in [5.74, 6) is 0.920. The molecule has 0 amide bonds. The normalized spacial score (nSPS) is 21.3. The summed E-state index contributed by atoms with van der Waals surface area (Å²) in [7, 11) is 0. The minimum Gasteiger partial charge on any atom is -0.311 e. The lowest BCUT2D eigenvalue weighted by Crippen LogP contribution is -2.47. The number of rotatable bonds is 3. The fourth-order valence-electron chi connectivity index (χ4n) is 4.96. The lowest BCUT2D eigenvalue weighted by molar-refractivity contribution is 0.115. The van der Waals surface area contributed by atoms with E-state index in [0.717, 1.165) is 43.2 Å². The smallest absolute Gasteiger partial charge is 0.250 e. The molecule has 1 aromatic heterocycles. The lowest BCUT2D eigenvalue weighted by atomic mass is 9.80. The van der Waals surface area contributed by atoms with Crippen LogP contribution in [-0.2, 0) is 13.1 Å². The molecule has 2 aliphatic rings. The van der Waals surface area contributed by atoms with Gasteiger partial charge in [0.05, 0.1) is 0 Å². The Morgan fingerprint density at radius 1 is 0.893 bits per heavy atom. The number of fused-ring (bicyclic) bond motifs is 4. The van der Waals surface area contributed by atoms with E-state index in [1.807, 2.05) is 22.8 Å². The van der Waals surface area contributed by atoms with E-state index in [1.54, 1.807) is 6.07 Å². The zero-order valence-electron chi connectivity index (χ0n) is 15.7. The molecule has 2 aromatic carbocycles. The predicted octanol–water partition coefficient (Wildman–Crippen LogP) is 4.79.